The quantitative estimate of drug-likeness (QED) is 0.824. The molecule has 110 valence electrons. The van der Waals surface area contributed by atoms with Crippen molar-refractivity contribution in [3.05, 3.63) is 23.0 Å². The van der Waals surface area contributed by atoms with Crippen LogP contribution in [-0.2, 0) is 6.42 Å². The van der Waals surface area contributed by atoms with Gasteiger partial charge < -0.3 is 11.1 Å². The first-order valence-corrected chi connectivity index (χ1v) is 7.51. The van der Waals surface area contributed by atoms with E-state index >= 15 is 0 Å². The average Bonchev–Trinajstić information content (AvgIpc) is 2.64. The Hall–Kier alpha value is -1.49. The normalized spacial score (nSPS) is 23.1. The fourth-order valence-corrected chi connectivity index (χ4v) is 2.73. The monoisotopic (exact) mass is 276 g/mol. The van der Waals surface area contributed by atoms with Gasteiger partial charge in [0.05, 0.1) is 17.0 Å². The highest BCUT2D eigenvalue weighted by Gasteiger charge is 2.23. The number of rotatable bonds is 3. The molecule has 0 spiro atoms. The number of nitrogens with zero attached hydrogens (tertiary/aromatic N) is 2. The Kier molecular flexibility index (Phi) is 5.06. The molecule has 0 aliphatic heterocycles. The molecule has 1 aromatic heterocycles. The molecular weight excluding hydrogens is 252 g/mol. The summed E-state index contributed by atoms with van der Waals surface area (Å²) in [5.74, 6) is -0.0674. The molecular formula is C15H24N4O. The zero-order valence-electron chi connectivity index (χ0n) is 12.4. The topological polar surface area (TPSA) is 80.9 Å². The molecule has 2 unspecified atom stereocenters. The predicted molar refractivity (Wildman–Crippen MR) is 78.5 cm³/mol. The van der Waals surface area contributed by atoms with Gasteiger partial charge in [-0.3, -0.25) is 4.79 Å². The van der Waals surface area contributed by atoms with Crippen LogP contribution in [0.15, 0.2) is 6.07 Å². The van der Waals surface area contributed by atoms with E-state index in [0.717, 1.165) is 37.1 Å². The maximum atomic E-state index is 12.5. The minimum Gasteiger partial charge on any atom is -0.348 e. The highest BCUT2D eigenvalue weighted by molar-refractivity contribution is 5.95. The number of nitrogens with two attached hydrogens (primary N) is 1. The van der Waals surface area contributed by atoms with E-state index < -0.39 is 0 Å². The molecule has 3 N–H and O–H groups in total. The summed E-state index contributed by atoms with van der Waals surface area (Å²) in [6.45, 7) is 3.83. The van der Waals surface area contributed by atoms with Crippen LogP contribution in [0.3, 0.4) is 0 Å². The van der Waals surface area contributed by atoms with E-state index in [0.29, 0.717) is 12.0 Å². The van der Waals surface area contributed by atoms with Crippen LogP contribution in [0, 0.1) is 6.92 Å². The molecule has 5 nitrogen and oxygen atoms in total. The van der Waals surface area contributed by atoms with Crippen molar-refractivity contribution in [3.8, 4) is 0 Å². The molecule has 0 bridgehead atoms. The zero-order valence-corrected chi connectivity index (χ0v) is 12.4. The van der Waals surface area contributed by atoms with Crippen molar-refractivity contribution in [2.24, 2.45) is 5.73 Å². The predicted octanol–water partition coefficient (Wildman–Crippen LogP) is 1.74. The SMILES string of the molecule is CCc1nnc(C)cc1C(=O)NC1CCCCCC1N. The summed E-state index contributed by atoms with van der Waals surface area (Å²) in [6.07, 6.45) is 6.14. The van der Waals surface area contributed by atoms with Gasteiger partial charge in [-0.2, -0.15) is 10.2 Å². The van der Waals surface area contributed by atoms with Crippen LogP contribution in [-0.4, -0.2) is 28.2 Å². The summed E-state index contributed by atoms with van der Waals surface area (Å²) in [4.78, 5) is 12.5. The average molecular weight is 276 g/mol. The van der Waals surface area contributed by atoms with E-state index in [1.54, 1.807) is 0 Å². The molecule has 5 heteroatoms. The Morgan fingerprint density at radius 3 is 2.85 bits per heavy atom. The van der Waals surface area contributed by atoms with Crippen molar-refractivity contribution < 1.29 is 4.79 Å². The molecule has 0 aromatic carbocycles. The number of nitrogens with one attached hydrogen (secondary N) is 1. The standard InChI is InChI=1S/C15H24N4O/c1-3-13-11(9-10(2)18-19-13)15(20)17-14-8-6-4-5-7-12(14)16/h9,12,14H,3-8,16H2,1-2H3,(H,17,20). The van der Waals surface area contributed by atoms with Gasteiger partial charge >= 0.3 is 0 Å². The third kappa shape index (κ3) is 3.54. The van der Waals surface area contributed by atoms with Crippen molar-refractivity contribution in [2.45, 2.75) is 64.5 Å². The van der Waals surface area contributed by atoms with Gasteiger partial charge in [0.1, 0.15) is 0 Å². The molecule has 1 aliphatic carbocycles. The summed E-state index contributed by atoms with van der Waals surface area (Å²) in [7, 11) is 0. The van der Waals surface area contributed by atoms with Crippen LogP contribution >= 0.6 is 0 Å². The van der Waals surface area contributed by atoms with Gasteiger partial charge in [0, 0.05) is 12.1 Å². The first kappa shape index (κ1) is 14.9. The van der Waals surface area contributed by atoms with Gasteiger partial charge in [-0.1, -0.05) is 26.2 Å². The smallest absolute Gasteiger partial charge is 0.253 e. The summed E-state index contributed by atoms with van der Waals surface area (Å²) in [6, 6.07) is 1.94. The Morgan fingerprint density at radius 1 is 1.35 bits per heavy atom. The molecule has 2 rings (SSSR count). The van der Waals surface area contributed by atoms with E-state index in [4.69, 9.17) is 5.73 Å². The number of aryl methyl sites for hydroxylation is 2. The van der Waals surface area contributed by atoms with Crippen LogP contribution in [0.4, 0.5) is 0 Å². The van der Waals surface area contributed by atoms with Crippen molar-refractivity contribution in [1.82, 2.24) is 15.5 Å². The molecule has 1 saturated carbocycles. The fraction of sp³-hybridized carbons (Fsp3) is 0.667. The van der Waals surface area contributed by atoms with E-state index in [1.807, 2.05) is 19.9 Å². The first-order valence-electron chi connectivity index (χ1n) is 7.51. The molecule has 1 heterocycles. The number of hydrogen-bond acceptors (Lipinski definition) is 4. The molecule has 1 amide bonds. The number of amides is 1. The lowest BCUT2D eigenvalue weighted by Crippen LogP contribution is -2.47. The third-order valence-electron chi connectivity index (χ3n) is 3.96. The minimum atomic E-state index is -0.0674. The third-order valence-corrected chi connectivity index (χ3v) is 3.96. The van der Waals surface area contributed by atoms with Crippen LogP contribution < -0.4 is 11.1 Å². The number of carbonyl (C=O) groups excluding carboxylic acids is 1. The summed E-state index contributed by atoms with van der Waals surface area (Å²) < 4.78 is 0. The Balaban J connectivity index is 2.12. The van der Waals surface area contributed by atoms with Crippen molar-refractivity contribution in [1.29, 1.82) is 0 Å². The van der Waals surface area contributed by atoms with Crippen LogP contribution in [0.25, 0.3) is 0 Å². The molecule has 2 atom stereocenters. The van der Waals surface area contributed by atoms with Crippen LogP contribution in [0.5, 0.6) is 0 Å². The lowest BCUT2D eigenvalue weighted by molar-refractivity contribution is 0.0927. The minimum absolute atomic E-state index is 0.0578. The van der Waals surface area contributed by atoms with Gasteiger partial charge in [-0.25, -0.2) is 0 Å². The second-order valence-electron chi connectivity index (χ2n) is 5.58. The lowest BCUT2D eigenvalue weighted by Gasteiger charge is -2.23. The second-order valence-corrected chi connectivity index (χ2v) is 5.58. The summed E-state index contributed by atoms with van der Waals surface area (Å²) >= 11 is 0. The van der Waals surface area contributed by atoms with Gasteiger partial charge in [0.15, 0.2) is 0 Å². The maximum absolute atomic E-state index is 12.5. The van der Waals surface area contributed by atoms with Gasteiger partial charge in [-0.05, 0) is 32.3 Å². The van der Waals surface area contributed by atoms with E-state index in [-0.39, 0.29) is 18.0 Å². The number of aromatic nitrogens is 2. The van der Waals surface area contributed by atoms with Crippen molar-refractivity contribution in [3.63, 3.8) is 0 Å². The van der Waals surface area contributed by atoms with E-state index in [1.165, 1.54) is 6.42 Å². The molecule has 1 aliphatic rings. The van der Waals surface area contributed by atoms with Crippen LogP contribution in [0.1, 0.15) is 60.8 Å². The van der Waals surface area contributed by atoms with Gasteiger partial charge in [0.2, 0.25) is 0 Å². The highest BCUT2D eigenvalue weighted by Crippen LogP contribution is 2.17. The zero-order chi connectivity index (χ0) is 14.5. The Labute approximate surface area is 120 Å². The maximum Gasteiger partial charge on any atom is 0.253 e. The van der Waals surface area contributed by atoms with E-state index in [9.17, 15) is 4.79 Å². The number of hydrogen-bond donors (Lipinski definition) is 2. The second kappa shape index (κ2) is 6.79. The van der Waals surface area contributed by atoms with Gasteiger partial charge in [0.25, 0.3) is 5.91 Å². The Bertz CT molecular complexity index is 475. The summed E-state index contributed by atoms with van der Waals surface area (Å²) in [5.41, 5.74) is 8.31. The van der Waals surface area contributed by atoms with Gasteiger partial charge in [-0.15, -0.1) is 0 Å². The summed E-state index contributed by atoms with van der Waals surface area (Å²) in [5, 5.41) is 11.2. The fourth-order valence-electron chi connectivity index (χ4n) is 2.73. The van der Waals surface area contributed by atoms with Crippen LogP contribution in [0.2, 0.25) is 0 Å². The lowest BCUT2D eigenvalue weighted by atomic mass is 10.0. The molecule has 20 heavy (non-hydrogen) atoms. The molecule has 0 radical (unpaired) electrons. The number of carbonyl (C=O) groups is 1. The molecule has 1 aromatic rings. The largest absolute Gasteiger partial charge is 0.348 e. The van der Waals surface area contributed by atoms with Crippen molar-refractivity contribution in [2.75, 3.05) is 0 Å². The highest BCUT2D eigenvalue weighted by atomic mass is 16.1. The molecule has 1 fully saturated rings. The van der Waals surface area contributed by atoms with Crippen molar-refractivity contribution >= 4 is 5.91 Å². The molecule has 0 saturated heterocycles. The Morgan fingerprint density at radius 2 is 2.10 bits per heavy atom. The van der Waals surface area contributed by atoms with E-state index in [2.05, 4.69) is 15.5 Å². The first-order chi connectivity index (χ1) is 9.61.